The van der Waals surface area contributed by atoms with Crippen molar-refractivity contribution in [1.29, 1.82) is 0 Å². The molecule has 0 bridgehead atoms. The summed E-state index contributed by atoms with van der Waals surface area (Å²) in [4.78, 5) is 6.54. The summed E-state index contributed by atoms with van der Waals surface area (Å²) < 4.78 is 5.68. The number of methoxy groups -OCH3 is 1. The molecular formula is C16H25N3O. The summed E-state index contributed by atoms with van der Waals surface area (Å²) in [7, 11) is 1.85. The summed E-state index contributed by atoms with van der Waals surface area (Å²) >= 11 is 0. The quantitative estimate of drug-likeness (QED) is 0.894. The molecule has 4 heteroatoms. The average Bonchev–Trinajstić information content (AvgIpc) is 2.48. The minimum Gasteiger partial charge on any atom is -0.377 e. The Labute approximate surface area is 121 Å². The zero-order chi connectivity index (χ0) is 13.8. The Morgan fingerprint density at radius 2 is 2.00 bits per heavy atom. The normalized spacial score (nSPS) is 22.6. The maximum atomic E-state index is 5.68. The summed E-state index contributed by atoms with van der Waals surface area (Å²) in [5, 5.41) is 3.72. The fraction of sp³-hybridized carbons (Fsp3) is 0.688. The first kappa shape index (κ1) is 13.8. The summed E-state index contributed by atoms with van der Waals surface area (Å²) in [6.45, 7) is 3.27. The Bertz CT molecular complexity index is 405. The molecule has 0 unspecified atom stereocenters. The monoisotopic (exact) mass is 275 g/mol. The van der Waals surface area contributed by atoms with Crippen LogP contribution in [0.2, 0.25) is 0 Å². The van der Waals surface area contributed by atoms with E-state index >= 15 is 0 Å². The first-order valence-electron chi connectivity index (χ1n) is 7.75. The lowest BCUT2D eigenvalue weighted by Crippen LogP contribution is -2.52. The maximum absolute atomic E-state index is 5.68. The van der Waals surface area contributed by atoms with Gasteiger partial charge >= 0.3 is 0 Å². The van der Waals surface area contributed by atoms with Crippen molar-refractivity contribution >= 4 is 5.69 Å². The lowest BCUT2D eigenvalue weighted by atomic mass is 9.79. The van der Waals surface area contributed by atoms with E-state index in [2.05, 4.69) is 27.3 Å². The number of nitrogens with one attached hydrogen (secondary N) is 1. The third-order valence-corrected chi connectivity index (χ3v) is 4.93. The van der Waals surface area contributed by atoms with Crippen LogP contribution in [-0.2, 0) is 4.74 Å². The predicted octanol–water partition coefficient (Wildman–Crippen LogP) is 2.21. The molecule has 2 fully saturated rings. The molecule has 2 heterocycles. The topological polar surface area (TPSA) is 37.4 Å². The molecule has 3 rings (SSSR count). The third-order valence-electron chi connectivity index (χ3n) is 4.93. The second-order valence-corrected chi connectivity index (χ2v) is 6.09. The molecule has 0 spiro atoms. The van der Waals surface area contributed by atoms with Crippen molar-refractivity contribution in [2.75, 3.05) is 31.6 Å². The fourth-order valence-corrected chi connectivity index (χ4v) is 3.25. The summed E-state index contributed by atoms with van der Waals surface area (Å²) in [5.74, 6) is 0. The molecule has 110 valence electrons. The summed E-state index contributed by atoms with van der Waals surface area (Å²) in [5.41, 5.74) is 1.44. The van der Waals surface area contributed by atoms with Gasteiger partial charge in [-0.05, 0) is 44.2 Å². The van der Waals surface area contributed by atoms with Gasteiger partial charge in [-0.15, -0.1) is 0 Å². The minimum absolute atomic E-state index is 0.141. The van der Waals surface area contributed by atoms with Crippen LogP contribution in [0.4, 0.5) is 5.69 Å². The van der Waals surface area contributed by atoms with Gasteiger partial charge in [-0.3, -0.25) is 4.98 Å². The predicted molar refractivity (Wildman–Crippen MR) is 81.1 cm³/mol. The minimum atomic E-state index is 0.141. The molecule has 1 aromatic heterocycles. The van der Waals surface area contributed by atoms with E-state index in [0.717, 1.165) is 19.6 Å². The first-order chi connectivity index (χ1) is 9.81. The van der Waals surface area contributed by atoms with Crippen LogP contribution in [0.25, 0.3) is 0 Å². The molecule has 0 radical (unpaired) electrons. The van der Waals surface area contributed by atoms with Crippen LogP contribution in [0.3, 0.4) is 0 Å². The van der Waals surface area contributed by atoms with Crippen LogP contribution in [-0.4, -0.2) is 43.4 Å². The van der Waals surface area contributed by atoms with E-state index in [4.69, 9.17) is 4.74 Å². The number of aromatic nitrogens is 1. The zero-order valence-corrected chi connectivity index (χ0v) is 12.3. The Morgan fingerprint density at radius 1 is 1.30 bits per heavy atom. The molecule has 0 aromatic carbocycles. The molecule has 20 heavy (non-hydrogen) atoms. The van der Waals surface area contributed by atoms with Gasteiger partial charge in [0.05, 0.1) is 5.60 Å². The lowest BCUT2D eigenvalue weighted by molar-refractivity contribution is -0.0711. The van der Waals surface area contributed by atoms with E-state index in [-0.39, 0.29) is 5.60 Å². The number of hydrogen-bond donors (Lipinski definition) is 1. The van der Waals surface area contributed by atoms with Gasteiger partial charge in [-0.1, -0.05) is 0 Å². The van der Waals surface area contributed by atoms with Gasteiger partial charge < -0.3 is 15.0 Å². The second-order valence-electron chi connectivity index (χ2n) is 6.09. The summed E-state index contributed by atoms with van der Waals surface area (Å²) in [6.07, 6.45) is 9.91. The number of rotatable bonds is 5. The average molecular weight is 275 g/mol. The number of anilines is 1. The molecule has 4 nitrogen and oxygen atoms in total. The highest BCUT2D eigenvalue weighted by Gasteiger charge is 2.37. The van der Waals surface area contributed by atoms with E-state index in [1.165, 1.54) is 37.8 Å². The van der Waals surface area contributed by atoms with E-state index in [1.807, 2.05) is 19.5 Å². The number of pyridine rings is 1. The molecule has 1 aromatic rings. The maximum Gasteiger partial charge on any atom is 0.0802 e. The Balaban J connectivity index is 1.44. The van der Waals surface area contributed by atoms with Crippen molar-refractivity contribution in [1.82, 2.24) is 10.3 Å². The van der Waals surface area contributed by atoms with E-state index in [1.54, 1.807) is 0 Å². The van der Waals surface area contributed by atoms with Crippen molar-refractivity contribution in [2.45, 2.75) is 43.7 Å². The molecule has 1 aliphatic carbocycles. The van der Waals surface area contributed by atoms with E-state index in [0.29, 0.717) is 6.04 Å². The number of hydrogen-bond acceptors (Lipinski definition) is 4. The Kier molecular flexibility index (Phi) is 4.22. The highest BCUT2D eigenvalue weighted by Crippen LogP contribution is 2.34. The van der Waals surface area contributed by atoms with Crippen LogP contribution in [0.5, 0.6) is 0 Å². The van der Waals surface area contributed by atoms with Crippen LogP contribution in [0.15, 0.2) is 24.5 Å². The Morgan fingerprint density at radius 3 is 2.55 bits per heavy atom. The van der Waals surface area contributed by atoms with Gasteiger partial charge in [0.1, 0.15) is 0 Å². The second kappa shape index (κ2) is 6.10. The van der Waals surface area contributed by atoms with Crippen molar-refractivity contribution < 1.29 is 4.74 Å². The van der Waals surface area contributed by atoms with Crippen molar-refractivity contribution in [3.8, 4) is 0 Å². The van der Waals surface area contributed by atoms with Gasteiger partial charge in [0, 0.05) is 50.9 Å². The first-order valence-corrected chi connectivity index (χ1v) is 7.75. The number of nitrogens with zero attached hydrogens (tertiary/aromatic N) is 2. The lowest BCUT2D eigenvalue weighted by Gasteiger charge is -2.42. The van der Waals surface area contributed by atoms with Gasteiger partial charge in [-0.2, -0.15) is 0 Å². The molecule has 1 saturated carbocycles. The Hall–Kier alpha value is -1.13. The summed E-state index contributed by atoms with van der Waals surface area (Å²) in [6, 6.07) is 4.84. The van der Waals surface area contributed by atoms with Crippen molar-refractivity contribution in [3.05, 3.63) is 24.5 Å². The molecule has 2 aliphatic rings. The van der Waals surface area contributed by atoms with Crippen LogP contribution < -0.4 is 10.2 Å². The van der Waals surface area contributed by atoms with Gasteiger partial charge in [0.25, 0.3) is 0 Å². The molecule has 0 atom stereocenters. The largest absolute Gasteiger partial charge is 0.377 e. The van der Waals surface area contributed by atoms with E-state index < -0.39 is 0 Å². The van der Waals surface area contributed by atoms with Gasteiger partial charge in [-0.25, -0.2) is 0 Å². The van der Waals surface area contributed by atoms with Gasteiger partial charge in [0.2, 0.25) is 0 Å². The van der Waals surface area contributed by atoms with E-state index in [9.17, 15) is 0 Å². The number of piperidine rings is 1. The zero-order valence-electron chi connectivity index (χ0n) is 12.3. The SMILES string of the molecule is COC1(CNC2CCN(c3ccncc3)CC2)CCC1. The van der Waals surface area contributed by atoms with Gasteiger partial charge in [0.15, 0.2) is 0 Å². The highest BCUT2D eigenvalue weighted by atomic mass is 16.5. The number of ether oxygens (including phenoxy) is 1. The standard InChI is InChI=1S/C16H25N3O/c1-20-16(7-2-8-16)13-18-14-5-11-19(12-6-14)15-3-9-17-10-4-15/h3-4,9-10,14,18H,2,5-8,11-13H2,1H3. The molecule has 1 N–H and O–H groups in total. The van der Waals surface area contributed by atoms with Crippen molar-refractivity contribution in [2.24, 2.45) is 0 Å². The molecular weight excluding hydrogens is 250 g/mol. The molecule has 1 aliphatic heterocycles. The highest BCUT2D eigenvalue weighted by molar-refractivity contribution is 5.44. The van der Waals surface area contributed by atoms with Crippen LogP contribution in [0, 0.1) is 0 Å². The van der Waals surface area contributed by atoms with Crippen LogP contribution in [0.1, 0.15) is 32.1 Å². The van der Waals surface area contributed by atoms with Crippen LogP contribution >= 0.6 is 0 Å². The fourth-order valence-electron chi connectivity index (χ4n) is 3.25. The molecule has 1 saturated heterocycles. The smallest absolute Gasteiger partial charge is 0.0802 e. The van der Waals surface area contributed by atoms with Crippen molar-refractivity contribution in [3.63, 3.8) is 0 Å². The molecule has 0 amide bonds. The third kappa shape index (κ3) is 2.96.